The van der Waals surface area contributed by atoms with Crippen LogP contribution in [0.15, 0.2) is 18.2 Å². The van der Waals surface area contributed by atoms with Crippen molar-refractivity contribution in [3.63, 3.8) is 0 Å². The minimum atomic E-state index is -0.895. The molecule has 5 heteroatoms. The Balaban J connectivity index is 3.29. The zero-order valence-corrected chi connectivity index (χ0v) is 10.4. The summed E-state index contributed by atoms with van der Waals surface area (Å²) < 4.78 is 4.94. The van der Waals surface area contributed by atoms with Gasteiger partial charge in [0.25, 0.3) is 5.69 Å². The summed E-state index contributed by atoms with van der Waals surface area (Å²) in [5, 5.41) is 21.1. The Morgan fingerprint density at radius 2 is 2.00 bits per heavy atom. The molecular formula is C12H17NO4. The molecule has 0 saturated heterocycles. The molecule has 0 aliphatic rings. The average molecular weight is 239 g/mol. The van der Waals surface area contributed by atoms with Crippen molar-refractivity contribution in [2.45, 2.75) is 26.9 Å². The van der Waals surface area contributed by atoms with Crippen LogP contribution in [0.2, 0.25) is 0 Å². The third kappa shape index (κ3) is 2.94. The highest BCUT2D eigenvalue weighted by molar-refractivity contribution is 5.47. The van der Waals surface area contributed by atoms with Crippen LogP contribution < -0.4 is 4.74 Å². The summed E-state index contributed by atoms with van der Waals surface area (Å²) in [5.41, 5.74) is -0.269. The summed E-state index contributed by atoms with van der Waals surface area (Å²) in [5.74, 6) is 0.404. The summed E-state index contributed by atoms with van der Waals surface area (Å²) in [6, 6.07) is 4.47. The molecule has 1 aromatic carbocycles. The molecule has 0 aromatic heterocycles. The second-order valence-electron chi connectivity index (χ2n) is 4.95. The number of aliphatic hydroxyl groups is 1. The summed E-state index contributed by atoms with van der Waals surface area (Å²) >= 11 is 0. The van der Waals surface area contributed by atoms with Gasteiger partial charge in [0.2, 0.25) is 0 Å². The molecule has 1 N–H and O–H groups in total. The van der Waals surface area contributed by atoms with Crippen molar-refractivity contribution in [3.05, 3.63) is 33.9 Å². The Morgan fingerprint density at radius 1 is 1.41 bits per heavy atom. The first-order valence-corrected chi connectivity index (χ1v) is 5.27. The molecule has 0 amide bonds. The molecule has 0 bridgehead atoms. The molecule has 0 saturated carbocycles. The van der Waals surface area contributed by atoms with Crippen molar-refractivity contribution in [2.24, 2.45) is 5.41 Å². The van der Waals surface area contributed by atoms with Gasteiger partial charge in [-0.05, 0) is 17.5 Å². The van der Waals surface area contributed by atoms with Gasteiger partial charge >= 0.3 is 0 Å². The van der Waals surface area contributed by atoms with Crippen molar-refractivity contribution in [3.8, 4) is 5.75 Å². The highest BCUT2D eigenvalue weighted by Gasteiger charge is 2.30. The molecule has 0 fully saturated rings. The second-order valence-corrected chi connectivity index (χ2v) is 4.95. The first-order valence-electron chi connectivity index (χ1n) is 5.27. The second kappa shape index (κ2) is 4.71. The molecular weight excluding hydrogens is 222 g/mol. The minimum absolute atomic E-state index is 0.119. The highest BCUT2D eigenvalue weighted by atomic mass is 16.6. The lowest BCUT2D eigenvalue weighted by molar-refractivity contribution is -0.386. The molecule has 0 aliphatic carbocycles. The lowest BCUT2D eigenvalue weighted by Crippen LogP contribution is -2.18. The summed E-state index contributed by atoms with van der Waals surface area (Å²) in [6.45, 7) is 5.48. The third-order valence-electron chi connectivity index (χ3n) is 2.55. The number of hydrogen-bond acceptors (Lipinski definition) is 4. The molecule has 94 valence electrons. The van der Waals surface area contributed by atoms with Crippen molar-refractivity contribution in [2.75, 3.05) is 7.11 Å². The Hall–Kier alpha value is -1.62. The molecule has 0 unspecified atom stereocenters. The lowest BCUT2D eigenvalue weighted by atomic mass is 9.84. The lowest BCUT2D eigenvalue weighted by Gasteiger charge is -2.25. The number of aliphatic hydroxyl groups excluding tert-OH is 1. The van der Waals surface area contributed by atoms with Gasteiger partial charge in [-0.25, -0.2) is 0 Å². The maximum Gasteiger partial charge on any atom is 0.278 e. The van der Waals surface area contributed by atoms with Crippen LogP contribution in [0.4, 0.5) is 5.69 Å². The van der Waals surface area contributed by atoms with E-state index in [0.717, 1.165) is 0 Å². The molecule has 5 nitrogen and oxygen atoms in total. The van der Waals surface area contributed by atoms with E-state index >= 15 is 0 Å². The minimum Gasteiger partial charge on any atom is -0.497 e. The zero-order valence-electron chi connectivity index (χ0n) is 10.4. The van der Waals surface area contributed by atoms with E-state index in [1.165, 1.54) is 19.2 Å². The van der Waals surface area contributed by atoms with E-state index in [2.05, 4.69) is 0 Å². The summed E-state index contributed by atoms with van der Waals surface area (Å²) in [7, 11) is 1.44. The number of nitro benzene ring substituents is 1. The van der Waals surface area contributed by atoms with Crippen LogP contribution in [0.1, 0.15) is 32.4 Å². The molecule has 1 atom stereocenters. The van der Waals surface area contributed by atoms with E-state index in [1.807, 2.05) is 20.8 Å². The fourth-order valence-corrected chi connectivity index (χ4v) is 1.51. The van der Waals surface area contributed by atoms with Crippen LogP contribution in [0.5, 0.6) is 5.75 Å². The predicted molar refractivity (Wildman–Crippen MR) is 64.1 cm³/mol. The number of nitro groups is 1. The number of rotatable bonds is 3. The van der Waals surface area contributed by atoms with Crippen molar-refractivity contribution >= 4 is 5.69 Å². The predicted octanol–water partition coefficient (Wildman–Crippen LogP) is 2.68. The zero-order chi connectivity index (χ0) is 13.2. The van der Waals surface area contributed by atoms with E-state index in [4.69, 9.17) is 4.74 Å². The average Bonchev–Trinajstić information content (AvgIpc) is 2.25. The van der Waals surface area contributed by atoms with Crippen LogP contribution in [0, 0.1) is 15.5 Å². The van der Waals surface area contributed by atoms with Crippen molar-refractivity contribution < 1.29 is 14.8 Å². The largest absolute Gasteiger partial charge is 0.497 e. The van der Waals surface area contributed by atoms with Crippen LogP contribution >= 0.6 is 0 Å². The normalized spacial score (nSPS) is 13.2. The van der Waals surface area contributed by atoms with E-state index in [-0.39, 0.29) is 5.69 Å². The maximum atomic E-state index is 11.0. The summed E-state index contributed by atoms with van der Waals surface area (Å²) in [6.07, 6.45) is -0.895. The molecule has 17 heavy (non-hydrogen) atoms. The number of nitrogens with zero attached hydrogens (tertiary/aromatic N) is 1. The molecule has 0 aliphatic heterocycles. The van der Waals surface area contributed by atoms with Gasteiger partial charge in [-0.1, -0.05) is 20.8 Å². The van der Waals surface area contributed by atoms with Gasteiger partial charge in [0.1, 0.15) is 5.75 Å². The molecule has 0 spiro atoms. The number of methoxy groups -OCH3 is 1. The third-order valence-corrected chi connectivity index (χ3v) is 2.55. The number of ether oxygens (including phenoxy) is 1. The molecule has 0 heterocycles. The van der Waals surface area contributed by atoms with Gasteiger partial charge in [-0.3, -0.25) is 10.1 Å². The standard InChI is InChI=1S/C12H17NO4/c1-12(2,3)11(14)9-6-5-8(17-4)7-10(9)13(15)16/h5-7,11,14H,1-4H3/t11-/m0/s1. The van der Waals surface area contributed by atoms with Crippen LogP contribution in [0.25, 0.3) is 0 Å². The monoisotopic (exact) mass is 239 g/mol. The maximum absolute atomic E-state index is 11.0. The van der Waals surface area contributed by atoms with E-state index in [1.54, 1.807) is 6.07 Å². The van der Waals surface area contributed by atoms with E-state index < -0.39 is 16.4 Å². The van der Waals surface area contributed by atoms with Gasteiger partial charge in [-0.2, -0.15) is 0 Å². The SMILES string of the molecule is COc1ccc([C@H](O)C(C)(C)C)c([N+](=O)[O-])c1. The van der Waals surface area contributed by atoms with Gasteiger partial charge in [0.05, 0.1) is 29.8 Å². The van der Waals surface area contributed by atoms with Gasteiger partial charge in [0.15, 0.2) is 0 Å². The fourth-order valence-electron chi connectivity index (χ4n) is 1.51. The van der Waals surface area contributed by atoms with Crippen molar-refractivity contribution in [1.29, 1.82) is 0 Å². The number of benzene rings is 1. The Labute approximate surface area is 100 Å². The topological polar surface area (TPSA) is 72.6 Å². The van der Waals surface area contributed by atoms with Crippen LogP contribution in [0.3, 0.4) is 0 Å². The van der Waals surface area contributed by atoms with Gasteiger partial charge in [0, 0.05) is 0 Å². The first kappa shape index (κ1) is 13.4. The quantitative estimate of drug-likeness (QED) is 0.650. The number of hydrogen-bond donors (Lipinski definition) is 1. The Kier molecular flexibility index (Phi) is 3.72. The Morgan fingerprint density at radius 3 is 2.41 bits per heavy atom. The van der Waals surface area contributed by atoms with Crippen LogP contribution in [-0.4, -0.2) is 17.1 Å². The van der Waals surface area contributed by atoms with Gasteiger partial charge in [-0.15, -0.1) is 0 Å². The van der Waals surface area contributed by atoms with E-state index in [9.17, 15) is 15.2 Å². The van der Waals surface area contributed by atoms with Crippen molar-refractivity contribution in [1.82, 2.24) is 0 Å². The molecule has 1 aromatic rings. The van der Waals surface area contributed by atoms with Crippen LogP contribution in [-0.2, 0) is 0 Å². The summed E-state index contributed by atoms with van der Waals surface area (Å²) in [4.78, 5) is 10.5. The fraction of sp³-hybridized carbons (Fsp3) is 0.500. The highest BCUT2D eigenvalue weighted by Crippen LogP contribution is 2.38. The van der Waals surface area contributed by atoms with Gasteiger partial charge < -0.3 is 9.84 Å². The molecule has 0 radical (unpaired) electrons. The van der Waals surface area contributed by atoms with E-state index in [0.29, 0.717) is 11.3 Å². The Bertz CT molecular complexity index is 423. The first-order chi connectivity index (χ1) is 7.77. The molecule has 1 rings (SSSR count). The smallest absolute Gasteiger partial charge is 0.278 e.